The fraction of sp³-hybridized carbons (Fsp3) is 0.944. The number of carbonyl (C=O) groups is 1. The Bertz CT molecular complexity index is 379. The maximum atomic E-state index is 11.7. The van der Waals surface area contributed by atoms with Crippen LogP contribution in [-0.4, -0.2) is 73.5 Å². The summed E-state index contributed by atoms with van der Waals surface area (Å²) in [6, 6.07) is 0. The van der Waals surface area contributed by atoms with Crippen LogP contribution in [0.2, 0.25) is 0 Å². The average Bonchev–Trinajstić information content (AvgIpc) is 3.18. The Hall–Kier alpha value is 0.01000. The van der Waals surface area contributed by atoms with Gasteiger partial charge in [0.25, 0.3) is 0 Å². The zero-order chi connectivity index (χ0) is 19.4. The Balaban J connectivity index is 2.15. The van der Waals surface area contributed by atoms with Gasteiger partial charge in [0.15, 0.2) is 0 Å². The standard InChI is InChI=1S/C18H34O6S2/c1-2-3-4-5-6-7-8-9-14(20)24-12-13(19)15(21)16(22)17(23)18-25-10-11-26-18/h13,15-19,21-23H,2-12H2,1H3/t13-,15-,16+,17+/m1/s1. The molecule has 0 bridgehead atoms. The molecule has 1 fully saturated rings. The lowest BCUT2D eigenvalue weighted by molar-refractivity contribution is -0.154. The maximum Gasteiger partial charge on any atom is 0.305 e. The number of ether oxygens (including phenoxy) is 1. The van der Waals surface area contributed by atoms with Crippen molar-refractivity contribution in [1.82, 2.24) is 0 Å². The highest BCUT2D eigenvalue weighted by Gasteiger charge is 2.37. The fourth-order valence-electron chi connectivity index (χ4n) is 2.74. The van der Waals surface area contributed by atoms with Crippen LogP contribution in [0.5, 0.6) is 0 Å². The summed E-state index contributed by atoms with van der Waals surface area (Å²) < 4.78 is 4.76. The third kappa shape index (κ3) is 9.28. The van der Waals surface area contributed by atoms with Gasteiger partial charge in [-0.05, 0) is 6.42 Å². The van der Waals surface area contributed by atoms with Crippen LogP contribution in [0.15, 0.2) is 0 Å². The van der Waals surface area contributed by atoms with Crippen molar-refractivity contribution in [2.75, 3.05) is 18.1 Å². The predicted molar refractivity (Wildman–Crippen MR) is 106 cm³/mol. The van der Waals surface area contributed by atoms with Gasteiger partial charge in [0.2, 0.25) is 0 Å². The molecule has 0 saturated carbocycles. The van der Waals surface area contributed by atoms with Crippen LogP contribution in [0.25, 0.3) is 0 Å². The number of unbranched alkanes of at least 4 members (excludes halogenated alkanes) is 6. The molecule has 0 aromatic carbocycles. The summed E-state index contributed by atoms with van der Waals surface area (Å²) in [5.74, 6) is 1.35. The molecule has 154 valence electrons. The Morgan fingerprint density at radius 1 is 0.962 bits per heavy atom. The third-order valence-electron chi connectivity index (χ3n) is 4.42. The van der Waals surface area contributed by atoms with Crippen LogP contribution >= 0.6 is 23.5 Å². The van der Waals surface area contributed by atoms with Crippen molar-refractivity contribution in [3.8, 4) is 0 Å². The minimum Gasteiger partial charge on any atom is -0.463 e. The molecular formula is C18H34O6S2. The highest BCUT2D eigenvalue weighted by atomic mass is 32.2. The van der Waals surface area contributed by atoms with E-state index in [0.29, 0.717) is 0 Å². The lowest BCUT2D eigenvalue weighted by Crippen LogP contribution is -2.48. The van der Waals surface area contributed by atoms with Gasteiger partial charge in [-0.2, -0.15) is 0 Å². The van der Waals surface area contributed by atoms with Crippen molar-refractivity contribution in [2.24, 2.45) is 0 Å². The summed E-state index contributed by atoms with van der Waals surface area (Å²) in [4.78, 5) is 11.7. The zero-order valence-electron chi connectivity index (χ0n) is 15.6. The average molecular weight is 411 g/mol. The first-order valence-corrected chi connectivity index (χ1v) is 11.7. The van der Waals surface area contributed by atoms with E-state index in [0.717, 1.165) is 30.8 Å². The highest BCUT2D eigenvalue weighted by molar-refractivity contribution is 8.20. The van der Waals surface area contributed by atoms with E-state index in [1.54, 1.807) is 0 Å². The Labute approximate surface area is 165 Å². The Morgan fingerprint density at radius 3 is 2.15 bits per heavy atom. The van der Waals surface area contributed by atoms with Crippen LogP contribution in [0.1, 0.15) is 58.3 Å². The largest absolute Gasteiger partial charge is 0.463 e. The van der Waals surface area contributed by atoms with Crippen LogP contribution in [0.4, 0.5) is 0 Å². The number of thioether (sulfide) groups is 2. The number of rotatable bonds is 14. The fourth-order valence-corrected chi connectivity index (χ4v) is 5.65. The quantitative estimate of drug-likeness (QED) is 0.254. The second-order valence-corrected chi connectivity index (χ2v) is 9.50. The van der Waals surface area contributed by atoms with Gasteiger partial charge in [0, 0.05) is 17.9 Å². The summed E-state index contributed by atoms with van der Waals surface area (Å²) in [6.07, 6.45) is 2.41. The molecule has 0 aromatic rings. The van der Waals surface area contributed by atoms with Crippen LogP contribution < -0.4 is 0 Å². The van der Waals surface area contributed by atoms with Crippen molar-refractivity contribution in [1.29, 1.82) is 0 Å². The summed E-state index contributed by atoms with van der Waals surface area (Å²) in [5, 5.41) is 40.0. The van der Waals surface area contributed by atoms with Gasteiger partial charge in [-0.3, -0.25) is 4.79 Å². The molecule has 1 heterocycles. The zero-order valence-corrected chi connectivity index (χ0v) is 17.2. The molecule has 0 aliphatic carbocycles. The van der Waals surface area contributed by atoms with Gasteiger partial charge in [0.1, 0.15) is 31.0 Å². The summed E-state index contributed by atoms with van der Waals surface area (Å²) in [6.45, 7) is 1.79. The maximum absolute atomic E-state index is 11.7. The van der Waals surface area contributed by atoms with E-state index in [-0.39, 0.29) is 17.6 Å². The first-order valence-electron chi connectivity index (χ1n) is 9.58. The normalized spacial score (nSPS) is 19.9. The van der Waals surface area contributed by atoms with E-state index in [2.05, 4.69) is 6.92 Å². The van der Waals surface area contributed by atoms with Gasteiger partial charge < -0.3 is 25.2 Å². The van der Waals surface area contributed by atoms with Crippen molar-refractivity contribution >= 4 is 29.5 Å². The molecule has 4 N–H and O–H groups in total. The molecule has 6 nitrogen and oxygen atoms in total. The molecule has 0 amide bonds. The van der Waals surface area contributed by atoms with E-state index in [1.165, 1.54) is 49.2 Å². The third-order valence-corrected chi connectivity index (χ3v) is 7.59. The minimum atomic E-state index is -1.56. The number of carbonyl (C=O) groups excluding carboxylic acids is 1. The van der Waals surface area contributed by atoms with E-state index in [9.17, 15) is 25.2 Å². The summed E-state index contributed by atoms with van der Waals surface area (Å²) in [5.41, 5.74) is 0. The van der Waals surface area contributed by atoms with Crippen LogP contribution in [0, 0.1) is 0 Å². The molecule has 4 atom stereocenters. The smallest absolute Gasteiger partial charge is 0.305 e. The van der Waals surface area contributed by atoms with Gasteiger partial charge in [-0.1, -0.05) is 45.4 Å². The number of hydrogen-bond donors (Lipinski definition) is 4. The van der Waals surface area contributed by atoms with Crippen LogP contribution in [-0.2, 0) is 9.53 Å². The minimum absolute atomic E-state index is 0.216. The number of aliphatic hydroxyl groups excluding tert-OH is 4. The van der Waals surface area contributed by atoms with Crippen molar-refractivity contribution < 1.29 is 30.0 Å². The molecular weight excluding hydrogens is 376 g/mol. The molecule has 0 aromatic heterocycles. The second-order valence-electron chi connectivity index (χ2n) is 6.70. The van der Waals surface area contributed by atoms with Crippen molar-refractivity contribution in [3.63, 3.8) is 0 Å². The van der Waals surface area contributed by atoms with Gasteiger partial charge in [0.05, 0.1) is 4.58 Å². The first kappa shape index (κ1) is 24.0. The lowest BCUT2D eigenvalue weighted by Gasteiger charge is -2.28. The van der Waals surface area contributed by atoms with E-state index < -0.39 is 30.4 Å². The molecule has 1 aliphatic rings. The summed E-state index contributed by atoms with van der Waals surface area (Å²) in [7, 11) is 0. The van der Waals surface area contributed by atoms with Gasteiger partial charge in [-0.25, -0.2) is 0 Å². The van der Waals surface area contributed by atoms with Gasteiger partial charge in [-0.15, -0.1) is 23.5 Å². The first-order chi connectivity index (χ1) is 12.5. The Morgan fingerprint density at radius 2 is 1.54 bits per heavy atom. The lowest BCUT2D eigenvalue weighted by atomic mass is 10.0. The van der Waals surface area contributed by atoms with Crippen molar-refractivity contribution in [3.05, 3.63) is 0 Å². The molecule has 0 spiro atoms. The highest BCUT2D eigenvalue weighted by Crippen LogP contribution is 2.35. The number of aliphatic hydroxyl groups is 4. The SMILES string of the molecule is CCCCCCCCCC(=O)OC[C@@H](O)[C@@H](O)[C@H](O)[C@H](O)C1SCCS1. The van der Waals surface area contributed by atoms with E-state index in [4.69, 9.17) is 4.74 Å². The van der Waals surface area contributed by atoms with E-state index in [1.807, 2.05) is 0 Å². The topological polar surface area (TPSA) is 107 Å². The molecule has 0 unspecified atom stereocenters. The van der Waals surface area contributed by atoms with Crippen LogP contribution in [0.3, 0.4) is 0 Å². The summed E-state index contributed by atoms with van der Waals surface area (Å²) >= 11 is 3.04. The number of esters is 1. The molecule has 1 saturated heterocycles. The molecule has 26 heavy (non-hydrogen) atoms. The van der Waals surface area contributed by atoms with E-state index >= 15 is 0 Å². The molecule has 1 rings (SSSR count). The number of hydrogen-bond acceptors (Lipinski definition) is 8. The van der Waals surface area contributed by atoms with Crippen molar-refractivity contribution in [2.45, 2.75) is 87.3 Å². The second kappa shape index (κ2) is 14.1. The molecule has 0 radical (unpaired) electrons. The molecule has 1 aliphatic heterocycles. The molecule has 8 heteroatoms. The van der Waals surface area contributed by atoms with Gasteiger partial charge >= 0.3 is 5.97 Å². The Kier molecular flexibility index (Phi) is 13.0. The monoisotopic (exact) mass is 410 g/mol. The predicted octanol–water partition coefficient (Wildman–Crippen LogP) is 1.92.